The summed E-state index contributed by atoms with van der Waals surface area (Å²) >= 11 is 0. The fourth-order valence-electron chi connectivity index (χ4n) is 2.77. The number of anilines is 1. The molecule has 0 spiro atoms. The zero-order chi connectivity index (χ0) is 18.1. The van der Waals surface area contributed by atoms with Gasteiger partial charge in [0.05, 0.1) is 5.69 Å². The van der Waals surface area contributed by atoms with Crippen molar-refractivity contribution in [3.8, 4) is 22.4 Å². The number of nitrogens with zero attached hydrogens (tertiary/aromatic N) is 5. The van der Waals surface area contributed by atoms with Crippen LogP contribution in [-0.4, -0.2) is 40.0 Å². The molecule has 4 aromatic rings. The summed E-state index contributed by atoms with van der Waals surface area (Å²) in [4.78, 5) is 22.0. The van der Waals surface area contributed by atoms with Crippen LogP contribution in [0, 0.1) is 0 Å². The Morgan fingerprint density at radius 3 is 2.31 bits per heavy atom. The lowest BCUT2D eigenvalue weighted by atomic mass is 10.0. The number of carbonyl (C=O) groups excluding carboxylic acids is 1. The second-order valence-electron chi connectivity index (χ2n) is 6.16. The molecule has 26 heavy (non-hydrogen) atoms. The van der Waals surface area contributed by atoms with Crippen molar-refractivity contribution in [2.24, 2.45) is 0 Å². The van der Waals surface area contributed by atoms with Gasteiger partial charge < -0.3 is 4.90 Å². The molecule has 0 saturated carbocycles. The fraction of sp³-hybridized carbons (Fsp3) is 0.100. The third kappa shape index (κ3) is 2.82. The van der Waals surface area contributed by atoms with E-state index in [2.05, 4.69) is 10.1 Å². The molecule has 0 radical (unpaired) electrons. The summed E-state index contributed by atoms with van der Waals surface area (Å²) in [5.74, 6) is 1.13. The molecular formula is C20H17N5O. The van der Waals surface area contributed by atoms with E-state index in [1.54, 1.807) is 16.6 Å². The van der Waals surface area contributed by atoms with Gasteiger partial charge in [0.2, 0.25) is 5.95 Å². The number of benzene rings is 2. The average molecular weight is 343 g/mol. The summed E-state index contributed by atoms with van der Waals surface area (Å²) in [7, 11) is 3.79. The molecule has 0 N–H and O–H groups in total. The minimum Gasteiger partial charge on any atom is -0.346 e. The molecule has 2 heterocycles. The van der Waals surface area contributed by atoms with Gasteiger partial charge in [0, 0.05) is 37.0 Å². The van der Waals surface area contributed by atoms with Crippen LogP contribution in [0.5, 0.6) is 0 Å². The normalized spacial score (nSPS) is 10.8. The molecule has 2 aromatic carbocycles. The first kappa shape index (κ1) is 16.0. The monoisotopic (exact) mass is 343 g/mol. The topological polar surface area (TPSA) is 63.4 Å². The van der Waals surface area contributed by atoms with Crippen molar-refractivity contribution in [3.63, 3.8) is 0 Å². The van der Waals surface area contributed by atoms with E-state index in [4.69, 9.17) is 4.98 Å². The van der Waals surface area contributed by atoms with Gasteiger partial charge in [-0.2, -0.15) is 4.98 Å². The fourth-order valence-corrected chi connectivity index (χ4v) is 2.77. The second-order valence-corrected chi connectivity index (χ2v) is 6.16. The number of rotatable bonds is 4. The highest BCUT2D eigenvalue weighted by Crippen LogP contribution is 2.31. The van der Waals surface area contributed by atoms with E-state index in [1.165, 1.54) is 0 Å². The molecule has 2 aromatic heterocycles. The Balaban J connectivity index is 1.96. The van der Waals surface area contributed by atoms with Crippen molar-refractivity contribution in [2.75, 3.05) is 19.0 Å². The average Bonchev–Trinajstić information content (AvgIpc) is 3.11. The SMILES string of the molecule is CN(C)c1nc2nc(-c3ccc(C=O)cc3)c(-c3ccccc3)cn2n1. The van der Waals surface area contributed by atoms with Gasteiger partial charge in [-0.1, -0.05) is 54.6 Å². The van der Waals surface area contributed by atoms with Gasteiger partial charge in [-0.3, -0.25) is 4.79 Å². The van der Waals surface area contributed by atoms with Gasteiger partial charge in [-0.15, -0.1) is 5.10 Å². The summed E-state index contributed by atoms with van der Waals surface area (Å²) in [5.41, 5.74) is 4.35. The van der Waals surface area contributed by atoms with Crippen LogP contribution in [0.4, 0.5) is 5.95 Å². The van der Waals surface area contributed by atoms with Gasteiger partial charge >= 0.3 is 0 Å². The summed E-state index contributed by atoms with van der Waals surface area (Å²) in [6, 6.07) is 17.4. The molecule has 0 aliphatic heterocycles. The van der Waals surface area contributed by atoms with Crippen LogP contribution in [0.3, 0.4) is 0 Å². The molecule has 0 atom stereocenters. The molecule has 0 fully saturated rings. The Bertz CT molecular complexity index is 1070. The lowest BCUT2D eigenvalue weighted by Crippen LogP contribution is -2.10. The zero-order valence-electron chi connectivity index (χ0n) is 14.5. The van der Waals surface area contributed by atoms with Crippen molar-refractivity contribution in [2.45, 2.75) is 0 Å². The van der Waals surface area contributed by atoms with Gasteiger partial charge in [-0.05, 0) is 5.56 Å². The first-order chi connectivity index (χ1) is 12.7. The molecular weight excluding hydrogens is 326 g/mol. The molecule has 0 aliphatic carbocycles. The Kier molecular flexibility index (Phi) is 3.93. The zero-order valence-corrected chi connectivity index (χ0v) is 14.5. The molecule has 4 rings (SSSR count). The Morgan fingerprint density at radius 1 is 0.923 bits per heavy atom. The maximum absolute atomic E-state index is 10.9. The number of hydrogen-bond donors (Lipinski definition) is 0. The molecule has 128 valence electrons. The largest absolute Gasteiger partial charge is 0.346 e. The van der Waals surface area contributed by atoms with Gasteiger partial charge in [0.15, 0.2) is 0 Å². The molecule has 0 unspecified atom stereocenters. The summed E-state index contributed by atoms with van der Waals surface area (Å²) in [6.07, 6.45) is 2.78. The van der Waals surface area contributed by atoms with E-state index < -0.39 is 0 Å². The highest BCUT2D eigenvalue weighted by molar-refractivity contribution is 5.83. The van der Waals surface area contributed by atoms with Gasteiger partial charge in [0.25, 0.3) is 5.78 Å². The number of carbonyl (C=O) groups is 1. The van der Waals surface area contributed by atoms with Crippen molar-refractivity contribution in [3.05, 3.63) is 66.4 Å². The van der Waals surface area contributed by atoms with E-state index in [9.17, 15) is 4.79 Å². The van der Waals surface area contributed by atoms with Crippen LogP contribution >= 0.6 is 0 Å². The quantitative estimate of drug-likeness (QED) is 0.532. The molecule has 0 saturated heterocycles. The highest BCUT2D eigenvalue weighted by atomic mass is 16.1. The van der Waals surface area contributed by atoms with Gasteiger partial charge in [-0.25, -0.2) is 9.50 Å². The molecule has 0 bridgehead atoms. The Morgan fingerprint density at radius 2 is 1.65 bits per heavy atom. The van der Waals surface area contributed by atoms with E-state index in [0.717, 1.165) is 28.7 Å². The predicted octanol–water partition coefficient (Wildman–Crippen LogP) is 3.34. The summed E-state index contributed by atoms with van der Waals surface area (Å²) < 4.78 is 1.70. The van der Waals surface area contributed by atoms with Crippen LogP contribution in [0.2, 0.25) is 0 Å². The van der Waals surface area contributed by atoms with Crippen LogP contribution in [-0.2, 0) is 0 Å². The van der Waals surface area contributed by atoms with Crippen molar-refractivity contribution in [1.29, 1.82) is 0 Å². The smallest absolute Gasteiger partial charge is 0.254 e. The lowest BCUT2D eigenvalue weighted by molar-refractivity contribution is 0.112. The second kappa shape index (κ2) is 6.40. The molecule has 0 aliphatic rings. The highest BCUT2D eigenvalue weighted by Gasteiger charge is 2.15. The van der Waals surface area contributed by atoms with Crippen LogP contribution in [0.15, 0.2) is 60.8 Å². The van der Waals surface area contributed by atoms with E-state index in [0.29, 0.717) is 17.3 Å². The standard InChI is InChI=1S/C20H17N5O/c1-24(2)20-22-19-21-18(16-10-8-14(13-26)9-11-16)17(12-25(19)23-20)15-6-4-3-5-7-15/h3-13H,1-2H3. The van der Waals surface area contributed by atoms with Crippen LogP contribution in [0.25, 0.3) is 28.2 Å². The first-order valence-corrected chi connectivity index (χ1v) is 8.21. The lowest BCUT2D eigenvalue weighted by Gasteiger charge is -2.09. The van der Waals surface area contributed by atoms with E-state index in [-0.39, 0.29) is 0 Å². The maximum Gasteiger partial charge on any atom is 0.254 e. The van der Waals surface area contributed by atoms with Crippen LogP contribution in [0.1, 0.15) is 10.4 Å². The van der Waals surface area contributed by atoms with E-state index in [1.807, 2.05) is 67.7 Å². The Labute approximate surface area is 150 Å². The first-order valence-electron chi connectivity index (χ1n) is 8.21. The van der Waals surface area contributed by atoms with Crippen molar-refractivity contribution < 1.29 is 4.79 Å². The van der Waals surface area contributed by atoms with E-state index >= 15 is 0 Å². The molecule has 6 heteroatoms. The summed E-state index contributed by atoms with van der Waals surface area (Å²) in [5, 5.41) is 4.48. The minimum absolute atomic E-state index is 0.530. The van der Waals surface area contributed by atoms with Crippen molar-refractivity contribution >= 4 is 18.0 Å². The third-order valence-electron chi connectivity index (χ3n) is 4.13. The minimum atomic E-state index is 0.530. The third-order valence-corrected chi connectivity index (χ3v) is 4.13. The molecule has 0 amide bonds. The number of aromatic nitrogens is 4. The summed E-state index contributed by atoms with van der Waals surface area (Å²) in [6.45, 7) is 0. The number of aldehydes is 1. The molecule has 6 nitrogen and oxygen atoms in total. The Hall–Kier alpha value is -3.54. The van der Waals surface area contributed by atoms with Gasteiger partial charge in [0.1, 0.15) is 6.29 Å². The number of hydrogen-bond acceptors (Lipinski definition) is 5. The van der Waals surface area contributed by atoms with Crippen molar-refractivity contribution in [1.82, 2.24) is 19.6 Å². The number of fused-ring (bicyclic) bond motifs is 1. The predicted molar refractivity (Wildman–Crippen MR) is 101 cm³/mol. The van der Waals surface area contributed by atoms with Crippen LogP contribution < -0.4 is 4.90 Å². The maximum atomic E-state index is 10.9.